The van der Waals surface area contributed by atoms with Gasteiger partial charge in [0.2, 0.25) is 0 Å². The molecule has 0 N–H and O–H groups in total. The molecule has 0 unspecified atom stereocenters. The van der Waals surface area contributed by atoms with E-state index in [0.29, 0.717) is 11.8 Å². The summed E-state index contributed by atoms with van der Waals surface area (Å²) >= 11 is 0. The van der Waals surface area contributed by atoms with E-state index in [1.165, 1.54) is 64.2 Å². The molecule has 1 aromatic rings. The maximum absolute atomic E-state index is 3.51. The van der Waals surface area contributed by atoms with Gasteiger partial charge in [-0.3, -0.25) is 0 Å². The maximum atomic E-state index is 3.51. The van der Waals surface area contributed by atoms with E-state index < -0.39 is 0 Å². The van der Waals surface area contributed by atoms with Gasteiger partial charge in [0, 0.05) is 23.0 Å². The van der Waals surface area contributed by atoms with Crippen molar-refractivity contribution in [2.24, 2.45) is 23.7 Å². The molecule has 2 fully saturated rings. The van der Waals surface area contributed by atoms with E-state index >= 15 is 0 Å². The van der Waals surface area contributed by atoms with Gasteiger partial charge in [0.15, 0.2) is 0 Å². The van der Waals surface area contributed by atoms with Gasteiger partial charge in [-0.1, -0.05) is 50.4 Å². The maximum Gasteiger partial charge on any atom is 0.0246 e. The Bertz CT molecular complexity index is 596. The van der Waals surface area contributed by atoms with Gasteiger partial charge in [0.25, 0.3) is 0 Å². The van der Waals surface area contributed by atoms with Gasteiger partial charge in [-0.15, -0.1) is 0 Å². The summed E-state index contributed by atoms with van der Waals surface area (Å²) in [7, 11) is 0. The second-order valence-corrected chi connectivity index (χ2v) is 8.37. The van der Waals surface area contributed by atoms with Crippen molar-refractivity contribution in [3.8, 4) is 23.7 Å². The molecule has 0 amide bonds. The summed E-state index contributed by atoms with van der Waals surface area (Å²) in [5.74, 6) is 16.9. The Labute approximate surface area is 161 Å². The van der Waals surface area contributed by atoms with E-state index in [0.717, 1.165) is 23.0 Å². The number of hydrogen-bond acceptors (Lipinski definition) is 0. The van der Waals surface area contributed by atoms with Crippen LogP contribution in [0, 0.1) is 47.4 Å². The van der Waals surface area contributed by atoms with E-state index in [4.69, 9.17) is 0 Å². The fourth-order valence-corrected chi connectivity index (χ4v) is 4.44. The van der Waals surface area contributed by atoms with Crippen LogP contribution in [0.25, 0.3) is 0 Å². The SMILES string of the molecule is CC[C@H]1CC[C@H](C#Cc2ccc(C#C[C@H]3CC[C@H](CC)CC3)cc2)CC1. The Morgan fingerprint density at radius 2 is 0.962 bits per heavy atom. The minimum atomic E-state index is 0.607. The lowest BCUT2D eigenvalue weighted by Gasteiger charge is -2.24. The van der Waals surface area contributed by atoms with Crippen LogP contribution in [0.3, 0.4) is 0 Å². The summed E-state index contributed by atoms with van der Waals surface area (Å²) in [6.07, 6.45) is 13.3. The highest BCUT2D eigenvalue weighted by Gasteiger charge is 2.18. The van der Waals surface area contributed by atoms with Gasteiger partial charge in [-0.05, 0) is 87.5 Å². The van der Waals surface area contributed by atoms with Crippen LogP contribution in [-0.2, 0) is 0 Å². The van der Waals surface area contributed by atoms with Crippen molar-refractivity contribution in [3.63, 3.8) is 0 Å². The molecule has 3 rings (SSSR count). The highest BCUT2D eigenvalue weighted by molar-refractivity contribution is 5.42. The van der Waals surface area contributed by atoms with Crippen LogP contribution in [0.2, 0.25) is 0 Å². The van der Waals surface area contributed by atoms with Crippen LogP contribution in [0.4, 0.5) is 0 Å². The van der Waals surface area contributed by atoms with E-state index in [1.54, 1.807) is 0 Å². The lowest BCUT2D eigenvalue weighted by Crippen LogP contribution is -2.12. The van der Waals surface area contributed by atoms with Gasteiger partial charge in [-0.2, -0.15) is 0 Å². The Hall–Kier alpha value is -1.66. The quantitative estimate of drug-likeness (QED) is 0.515. The van der Waals surface area contributed by atoms with Crippen LogP contribution in [0.1, 0.15) is 89.2 Å². The summed E-state index contributed by atoms with van der Waals surface area (Å²) in [4.78, 5) is 0. The summed E-state index contributed by atoms with van der Waals surface area (Å²) in [5, 5.41) is 0. The van der Waals surface area contributed by atoms with Crippen molar-refractivity contribution in [3.05, 3.63) is 35.4 Å². The highest BCUT2D eigenvalue weighted by Crippen LogP contribution is 2.31. The van der Waals surface area contributed by atoms with Gasteiger partial charge in [0.1, 0.15) is 0 Å². The topological polar surface area (TPSA) is 0 Å². The van der Waals surface area contributed by atoms with Gasteiger partial charge < -0.3 is 0 Å². The molecule has 26 heavy (non-hydrogen) atoms. The van der Waals surface area contributed by atoms with Crippen molar-refractivity contribution in [2.75, 3.05) is 0 Å². The molecule has 0 heterocycles. The third kappa shape index (κ3) is 5.68. The average molecular weight is 347 g/mol. The zero-order valence-electron chi connectivity index (χ0n) is 16.7. The first-order chi connectivity index (χ1) is 12.8. The van der Waals surface area contributed by atoms with Crippen LogP contribution in [-0.4, -0.2) is 0 Å². The largest absolute Gasteiger partial charge is 0.0945 e. The molecule has 2 aliphatic carbocycles. The summed E-state index contributed by atoms with van der Waals surface area (Å²) in [6.45, 7) is 4.63. The second kappa shape index (κ2) is 9.88. The van der Waals surface area contributed by atoms with Crippen LogP contribution in [0.15, 0.2) is 24.3 Å². The molecule has 2 saturated carbocycles. The normalized spacial score (nSPS) is 28.4. The highest BCUT2D eigenvalue weighted by atomic mass is 14.2. The lowest BCUT2D eigenvalue weighted by atomic mass is 9.81. The van der Waals surface area contributed by atoms with Crippen LogP contribution < -0.4 is 0 Å². The molecule has 1 aromatic carbocycles. The molecule has 0 aliphatic heterocycles. The smallest absolute Gasteiger partial charge is 0.0246 e. The molecule has 0 heteroatoms. The van der Waals surface area contributed by atoms with Gasteiger partial charge >= 0.3 is 0 Å². The van der Waals surface area contributed by atoms with E-state index in [9.17, 15) is 0 Å². The number of hydrogen-bond donors (Lipinski definition) is 0. The number of benzene rings is 1. The van der Waals surface area contributed by atoms with Gasteiger partial charge in [0.05, 0.1) is 0 Å². The Morgan fingerprint density at radius 1 is 0.615 bits per heavy atom. The molecule has 0 radical (unpaired) electrons. The van der Waals surface area contributed by atoms with Crippen molar-refractivity contribution < 1.29 is 0 Å². The minimum absolute atomic E-state index is 0.607. The van der Waals surface area contributed by atoms with E-state index in [1.807, 2.05) is 0 Å². The Kier molecular flexibility index (Phi) is 7.26. The standard InChI is InChI=1S/C26H34/c1-3-21-5-9-23(10-6-21)13-15-25-17-19-26(20-18-25)16-14-24-11-7-22(4-2)8-12-24/h17-24H,3-12H2,1-2H3/t21-,22-,23-,24-. The predicted octanol–water partition coefficient (Wildman–Crippen LogP) is 6.82. The van der Waals surface area contributed by atoms with Crippen LogP contribution in [0.5, 0.6) is 0 Å². The third-order valence-electron chi connectivity index (χ3n) is 6.57. The van der Waals surface area contributed by atoms with E-state index in [-0.39, 0.29) is 0 Å². The van der Waals surface area contributed by atoms with Crippen molar-refractivity contribution in [1.82, 2.24) is 0 Å². The van der Waals surface area contributed by atoms with E-state index in [2.05, 4.69) is 61.8 Å². The molecular weight excluding hydrogens is 312 g/mol. The third-order valence-corrected chi connectivity index (χ3v) is 6.57. The molecule has 0 bridgehead atoms. The zero-order valence-corrected chi connectivity index (χ0v) is 16.7. The Morgan fingerprint density at radius 3 is 1.27 bits per heavy atom. The first kappa shape index (κ1) is 19.1. The number of rotatable bonds is 2. The second-order valence-electron chi connectivity index (χ2n) is 8.37. The molecule has 0 atom stereocenters. The summed E-state index contributed by atoms with van der Waals surface area (Å²) in [5.41, 5.74) is 2.27. The molecule has 0 spiro atoms. The predicted molar refractivity (Wildman–Crippen MR) is 112 cm³/mol. The fourth-order valence-electron chi connectivity index (χ4n) is 4.44. The molecule has 0 aromatic heterocycles. The molecule has 138 valence electrons. The lowest BCUT2D eigenvalue weighted by molar-refractivity contribution is 0.309. The molecule has 0 saturated heterocycles. The van der Waals surface area contributed by atoms with Crippen LogP contribution >= 0.6 is 0 Å². The monoisotopic (exact) mass is 346 g/mol. The molecular formula is C26H34. The Balaban J connectivity index is 1.50. The van der Waals surface area contributed by atoms with Crippen molar-refractivity contribution in [2.45, 2.75) is 78.1 Å². The van der Waals surface area contributed by atoms with Gasteiger partial charge in [-0.25, -0.2) is 0 Å². The first-order valence-electron chi connectivity index (χ1n) is 10.9. The minimum Gasteiger partial charge on any atom is -0.0945 e. The first-order valence-corrected chi connectivity index (χ1v) is 10.9. The average Bonchev–Trinajstić information content (AvgIpc) is 2.72. The van der Waals surface area contributed by atoms with Crippen molar-refractivity contribution in [1.29, 1.82) is 0 Å². The summed E-state index contributed by atoms with van der Waals surface area (Å²) < 4.78 is 0. The zero-order chi connectivity index (χ0) is 18.2. The van der Waals surface area contributed by atoms with Crippen molar-refractivity contribution >= 4 is 0 Å². The molecule has 2 aliphatic rings. The molecule has 0 nitrogen and oxygen atoms in total. The summed E-state index contributed by atoms with van der Waals surface area (Å²) in [6, 6.07) is 8.57. The fraction of sp³-hybridized carbons (Fsp3) is 0.615.